The molecule has 3 N–H and O–H groups in total. The number of carbonyl (C=O) groups is 2. The van der Waals surface area contributed by atoms with Crippen LogP contribution >= 0.6 is 23.4 Å². The van der Waals surface area contributed by atoms with Crippen molar-refractivity contribution in [2.24, 2.45) is 0 Å². The maximum absolute atomic E-state index is 11.8. The van der Waals surface area contributed by atoms with E-state index in [1.54, 1.807) is 24.3 Å². The van der Waals surface area contributed by atoms with Crippen molar-refractivity contribution >= 4 is 35.2 Å². The normalized spacial score (nSPS) is 10.4. The van der Waals surface area contributed by atoms with Crippen LogP contribution in [0.5, 0.6) is 5.75 Å². The molecule has 0 fully saturated rings. The molecule has 1 aromatic carbocycles. The molecule has 0 aliphatic rings. The smallest absolute Gasteiger partial charge is 0.343 e. The van der Waals surface area contributed by atoms with Gasteiger partial charge in [-0.15, -0.1) is 5.10 Å². The minimum Gasteiger partial charge on any atom is -0.484 e. The van der Waals surface area contributed by atoms with Gasteiger partial charge in [-0.25, -0.2) is 9.89 Å². The van der Waals surface area contributed by atoms with Gasteiger partial charge in [0.25, 0.3) is 5.91 Å². The molecule has 0 atom stereocenters. The number of benzene rings is 1. The van der Waals surface area contributed by atoms with Crippen LogP contribution in [0.15, 0.2) is 34.2 Å². The van der Waals surface area contributed by atoms with Crippen LogP contribution in [0.25, 0.3) is 0 Å². The van der Waals surface area contributed by atoms with E-state index in [9.17, 15) is 14.4 Å². The second kappa shape index (κ2) is 9.88. The lowest BCUT2D eigenvalue weighted by Gasteiger charge is -2.09. The Bertz CT molecular complexity index is 805. The summed E-state index contributed by atoms with van der Waals surface area (Å²) in [5.74, 6) is -0.472. The topological polar surface area (TPSA) is 118 Å². The highest BCUT2D eigenvalue weighted by Gasteiger charge is 2.11. The largest absolute Gasteiger partial charge is 0.484 e. The SMILES string of the molecule is CCCn1c(SCC(=O)NNC(=O)COc2ccc(Cl)cc2)n[nH]c1=O. The van der Waals surface area contributed by atoms with Gasteiger partial charge in [-0.05, 0) is 30.7 Å². The lowest BCUT2D eigenvalue weighted by molar-refractivity contribution is -0.128. The standard InChI is InChI=1S/C15H18ClN5O4S/c1-2-7-21-14(24)19-20-15(21)26-9-13(23)18-17-12(22)8-25-11-5-3-10(16)4-6-11/h3-6H,2,7-9H2,1H3,(H,17,22)(H,18,23)(H,19,24). The predicted octanol–water partition coefficient (Wildman–Crippen LogP) is 0.953. The molecule has 1 aromatic heterocycles. The molecule has 2 rings (SSSR count). The number of halogens is 1. The molecule has 0 bridgehead atoms. The van der Waals surface area contributed by atoms with E-state index < -0.39 is 11.8 Å². The summed E-state index contributed by atoms with van der Waals surface area (Å²) >= 11 is 6.84. The third-order valence-electron chi connectivity index (χ3n) is 3.03. The van der Waals surface area contributed by atoms with E-state index in [1.807, 2.05) is 6.92 Å². The Balaban J connectivity index is 1.70. The van der Waals surface area contributed by atoms with Crippen molar-refractivity contribution < 1.29 is 14.3 Å². The maximum atomic E-state index is 11.8. The second-order valence-corrected chi connectivity index (χ2v) is 6.47. The summed E-state index contributed by atoms with van der Waals surface area (Å²) in [5, 5.41) is 7.19. The molecular formula is C15H18ClN5O4S. The first kappa shape index (κ1) is 19.9. The van der Waals surface area contributed by atoms with Crippen molar-refractivity contribution in [1.82, 2.24) is 25.6 Å². The molecule has 0 unspecified atom stereocenters. The molecule has 0 radical (unpaired) electrons. The van der Waals surface area contributed by atoms with Crippen LogP contribution in [0, 0.1) is 0 Å². The summed E-state index contributed by atoms with van der Waals surface area (Å²) in [6.07, 6.45) is 0.767. The Labute approximate surface area is 158 Å². The highest BCUT2D eigenvalue weighted by molar-refractivity contribution is 7.99. The highest BCUT2D eigenvalue weighted by Crippen LogP contribution is 2.15. The lowest BCUT2D eigenvalue weighted by Crippen LogP contribution is -2.44. The molecule has 0 saturated heterocycles. The van der Waals surface area contributed by atoms with Gasteiger partial charge in [-0.1, -0.05) is 30.3 Å². The number of H-pyrrole nitrogens is 1. The average Bonchev–Trinajstić information content (AvgIpc) is 2.98. The average molecular weight is 400 g/mol. The molecule has 0 saturated carbocycles. The first-order valence-electron chi connectivity index (χ1n) is 7.73. The minimum atomic E-state index is -0.513. The Kier molecular flexibility index (Phi) is 7.54. The number of aromatic amines is 1. The molecule has 0 aliphatic carbocycles. The molecule has 11 heteroatoms. The van der Waals surface area contributed by atoms with Gasteiger partial charge in [0.2, 0.25) is 5.91 Å². The van der Waals surface area contributed by atoms with E-state index in [0.717, 1.165) is 18.2 Å². The molecular weight excluding hydrogens is 382 g/mol. The van der Waals surface area contributed by atoms with Crippen LogP contribution in [0.3, 0.4) is 0 Å². The zero-order valence-electron chi connectivity index (χ0n) is 14.0. The second-order valence-electron chi connectivity index (χ2n) is 5.09. The third kappa shape index (κ3) is 6.12. The third-order valence-corrected chi connectivity index (χ3v) is 4.26. The Morgan fingerprint density at radius 1 is 1.27 bits per heavy atom. The fourth-order valence-corrected chi connectivity index (χ4v) is 2.75. The predicted molar refractivity (Wildman–Crippen MR) is 97.1 cm³/mol. The van der Waals surface area contributed by atoms with E-state index in [-0.39, 0.29) is 18.0 Å². The number of aromatic nitrogens is 3. The van der Waals surface area contributed by atoms with Crippen LogP contribution in [0.1, 0.15) is 13.3 Å². The number of rotatable bonds is 8. The summed E-state index contributed by atoms with van der Waals surface area (Å²) in [6.45, 7) is 2.19. The number of ether oxygens (including phenoxy) is 1. The molecule has 9 nitrogen and oxygen atoms in total. The number of thioether (sulfide) groups is 1. The molecule has 0 spiro atoms. The van der Waals surface area contributed by atoms with E-state index in [4.69, 9.17) is 16.3 Å². The fourth-order valence-electron chi connectivity index (χ4n) is 1.86. The summed E-state index contributed by atoms with van der Waals surface area (Å²) in [7, 11) is 0. The fraction of sp³-hybridized carbons (Fsp3) is 0.333. The Hall–Kier alpha value is -2.46. The zero-order valence-corrected chi connectivity index (χ0v) is 15.5. The van der Waals surface area contributed by atoms with Gasteiger partial charge in [0.1, 0.15) is 5.75 Å². The van der Waals surface area contributed by atoms with E-state index in [2.05, 4.69) is 21.0 Å². The zero-order chi connectivity index (χ0) is 18.9. The van der Waals surface area contributed by atoms with Gasteiger partial charge in [-0.2, -0.15) is 0 Å². The Morgan fingerprint density at radius 3 is 2.65 bits per heavy atom. The number of hydrogen-bond donors (Lipinski definition) is 3. The van der Waals surface area contributed by atoms with Crippen molar-refractivity contribution in [3.8, 4) is 5.75 Å². The van der Waals surface area contributed by atoms with Crippen LogP contribution in [-0.2, 0) is 16.1 Å². The highest BCUT2D eigenvalue weighted by atomic mass is 35.5. The van der Waals surface area contributed by atoms with Crippen molar-refractivity contribution in [2.45, 2.75) is 25.0 Å². The number of nitrogens with zero attached hydrogens (tertiary/aromatic N) is 2. The molecule has 140 valence electrons. The van der Waals surface area contributed by atoms with Gasteiger partial charge in [0, 0.05) is 11.6 Å². The lowest BCUT2D eigenvalue weighted by atomic mass is 10.3. The summed E-state index contributed by atoms with van der Waals surface area (Å²) in [5.41, 5.74) is 4.20. The van der Waals surface area contributed by atoms with Gasteiger partial charge in [0.15, 0.2) is 11.8 Å². The van der Waals surface area contributed by atoms with E-state index >= 15 is 0 Å². The van der Waals surface area contributed by atoms with Gasteiger partial charge in [0.05, 0.1) is 5.75 Å². The van der Waals surface area contributed by atoms with Gasteiger partial charge >= 0.3 is 5.69 Å². The van der Waals surface area contributed by atoms with Crippen molar-refractivity contribution in [1.29, 1.82) is 0 Å². The number of hydrogen-bond acceptors (Lipinski definition) is 6. The van der Waals surface area contributed by atoms with E-state index in [0.29, 0.717) is 22.5 Å². The summed E-state index contributed by atoms with van der Waals surface area (Å²) in [6, 6.07) is 6.54. The first-order chi connectivity index (χ1) is 12.5. The molecule has 1 heterocycles. The van der Waals surface area contributed by atoms with Crippen LogP contribution in [0.2, 0.25) is 5.02 Å². The van der Waals surface area contributed by atoms with Gasteiger partial charge in [-0.3, -0.25) is 25.0 Å². The molecule has 2 aromatic rings. The number of nitrogens with one attached hydrogen (secondary N) is 3. The monoisotopic (exact) mass is 399 g/mol. The van der Waals surface area contributed by atoms with Gasteiger partial charge < -0.3 is 4.74 Å². The van der Waals surface area contributed by atoms with Crippen LogP contribution < -0.4 is 21.3 Å². The maximum Gasteiger partial charge on any atom is 0.343 e. The molecule has 26 heavy (non-hydrogen) atoms. The molecule has 0 aliphatic heterocycles. The number of hydrazine groups is 1. The van der Waals surface area contributed by atoms with E-state index in [1.165, 1.54) is 4.57 Å². The van der Waals surface area contributed by atoms with Crippen molar-refractivity contribution in [3.63, 3.8) is 0 Å². The van der Waals surface area contributed by atoms with Crippen molar-refractivity contribution in [3.05, 3.63) is 39.8 Å². The minimum absolute atomic E-state index is 0.00761. The summed E-state index contributed by atoms with van der Waals surface area (Å²) < 4.78 is 6.71. The Morgan fingerprint density at radius 2 is 1.96 bits per heavy atom. The van der Waals surface area contributed by atoms with Crippen LogP contribution in [-0.4, -0.2) is 38.9 Å². The number of carbonyl (C=O) groups excluding carboxylic acids is 2. The van der Waals surface area contributed by atoms with Crippen LogP contribution in [0.4, 0.5) is 0 Å². The first-order valence-corrected chi connectivity index (χ1v) is 9.10. The summed E-state index contributed by atoms with van der Waals surface area (Å²) in [4.78, 5) is 35.0. The quantitative estimate of drug-likeness (QED) is 0.449. The van der Waals surface area contributed by atoms with Crippen molar-refractivity contribution in [2.75, 3.05) is 12.4 Å². The molecule has 2 amide bonds. The number of amides is 2.